The van der Waals surface area contributed by atoms with Gasteiger partial charge in [-0.05, 0) is 26.0 Å². The fourth-order valence-electron chi connectivity index (χ4n) is 1.31. The summed E-state index contributed by atoms with van der Waals surface area (Å²) in [4.78, 5) is 12.0. The molecule has 1 rings (SSSR count). The Morgan fingerprint density at radius 1 is 1.28 bits per heavy atom. The van der Waals surface area contributed by atoms with Gasteiger partial charge in [0, 0.05) is 18.3 Å². The Bertz CT molecular complexity index is 430. The highest BCUT2D eigenvalue weighted by Gasteiger charge is 2.25. The summed E-state index contributed by atoms with van der Waals surface area (Å²) < 4.78 is 10.3. The van der Waals surface area contributed by atoms with Crippen molar-refractivity contribution in [3.63, 3.8) is 0 Å². The minimum absolute atomic E-state index is 0.128. The fraction of sp³-hybridized carbons (Fsp3) is 0.462. The molecule has 1 aromatic carbocycles. The molecule has 0 aliphatic heterocycles. The van der Waals surface area contributed by atoms with Crippen LogP contribution in [-0.4, -0.2) is 26.7 Å². The average Bonchev–Trinajstić information content (AvgIpc) is 2.38. The van der Waals surface area contributed by atoms with E-state index in [1.807, 2.05) is 0 Å². The molecular weight excluding hydrogens is 232 g/mol. The number of ether oxygens (including phenoxy) is 2. The quantitative estimate of drug-likeness (QED) is 0.835. The molecule has 0 aromatic heterocycles. The van der Waals surface area contributed by atoms with Crippen molar-refractivity contribution in [2.24, 2.45) is 11.1 Å². The lowest BCUT2D eigenvalue weighted by Gasteiger charge is -2.21. The lowest BCUT2D eigenvalue weighted by atomic mass is 9.92. The second-order valence-corrected chi connectivity index (χ2v) is 4.61. The van der Waals surface area contributed by atoms with E-state index in [0.717, 1.165) is 0 Å². The highest BCUT2D eigenvalue weighted by molar-refractivity contribution is 5.95. The van der Waals surface area contributed by atoms with Crippen LogP contribution in [0.1, 0.15) is 13.8 Å². The predicted molar refractivity (Wildman–Crippen MR) is 71.0 cm³/mol. The van der Waals surface area contributed by atoms with E-state index in [1.165, 1.54) is 0 Å². The number of hydrogen-bond acceptors (Lipinski definition) is 4. The predicted octanol–water partition coefficient (Wildman–Crippen LogP) is 1.63. The zero-order valence-electron chi connectivity index (χ0n) is 11.2. The van der Waals surface area contributed by atoms with Gasteiger partial charge in [0.25, 0.3) is 0 Å². The zero-order chi connectivity index (χ0) is 13.8. The largest absolute Gasteiger partial charge is 0.493 e. The third kappa shape index (κ3) is 3.13. The van der Waals surface area contributed by atoms with E-state index in [4.69, 9.17) is 15.2 Å². The van der Waals surface area contributed by atoms with Gasteiger partial charge in [0.05, 0.1) is 19.6 Å². The van der Waals surface area contributed by atoms with Crippen LogP contribution in [0.2, 0.25) is 0 Å². The van der Waals surface area contributed by atoms with E-state index in [0.29, 0.717) is 17.2 Å². The molecule has 0 unspecified atom stereocenters. The molecule has 0 saturated carbocycles. The molecule has 1 aromatic rings. The third-order valence-electron chi connectivity index (χ3n) is 2.77. The molecule has 18 heavy (non-hydrogen) atoms. The Kier molecular flexibility index (Phi) is 4.55. The Hall–Kier alpha value is -1.75. The van der Waals surface area contributed by atoms with Gasteiger partial charge in [-0.15, -0.1) is 0 Å². The topological polar surface area (TPSA) is 73.6 Å². The van der Waals surface area contributed by atoms with Crippen molar-refractivity contribution in [3.05, 3.63) is 18.2 Å². The summed E-state index contributed by atoms with van der Waals surface area (Å²) in [5.41, 5.74) is 5.61. The average molecular weight is 252 g/mol. The molecule has 0 atom stereocenters. The molecule has 0 aliphatic carbocycles. The van der Waals surface area contributed by atoms with Crippen molar-refractivity contribution in [2.45, 2.75) is 13.8 Å². The second-order valence-electron chi connectivity index (χ2n) is 4.61. The van der Waals surface area contributed by atoms with Crippen molar-refractivity contribution >= 4 is 11.6 Å². The van der Waals surface area contributed by atoms with Gasteiger partial charge in [0.1, 0.15) is 0 Å². The number of anilines is 1. The number of rotatable bonds is 5. The van der Waals surface area contributed by atoms with Crippen LogP contribution in [0.25, 0.3) is 0 Å². The van der Waals surface area contributed by atoms with Crippen LogP contribution < -0.4 is 20.5 Å². The summed E-state index contributed by atoms with van der Waals surface area (Å²) in [6.45, 7) is 3.87. The maximum Gasteiger partial charge on any atom is 0.231 e. The molecule has 0 fully saturated rings. The SMILES string of the molecule is COc1ccc(NC(=O)C(C)(C)CN)cc1OC. The van der Waals surface area contributed by atoms with Gasteiger partial charge in [-0.1, -0.05) is 0 Å². The maximum atomic E-state index is 12.0. The van der Waals surface area contributed by atoms with Crippen LogP contribution in [0.3, 0.4) is 0 Å². The first-order valence-electron chi connectivity index (χ1n) is 5.68. The van der Waals surface area contributed by atoms with Crippen LogP contribution in [0, 0.1) is 5.41 Å². The van der Waals surface area contributed by atoms with Crippen molar-refractivity contribution in [1.29, 1.82) is 0 Å². The maximum absolute atomic E-state index is 12.0. The number of nitrogens with one attached hydrogen (secondary N) is 1. The summed E-state index contributed by atoms with van der Waals surface area (Å²) in [6, 6.07) is 5.21. The monoisotopic (exact) mass is 252 g/mol. The van der Waals surface area contributed by atoms with Gasteiger partial charge in [-0.3, -0.25) is 4.79 Å². The van der Waals surface area contributed by atoms with Crippen LogP contribution >= 0.6 is 0 Å². The van der Waals surface area contributed by atoms with Gasteiger partial charge in [0.15, 0.2) is 11.5 Å². The third-order valence-corrected chi connectivity index (χ3v) is 2.77. The Balaban J connectivity index is 2.89. The molecular formula is C13H20N2O3. The summed E-state index contributed by atoms with van der Waals surface area (Å²) in [6.07, 6.45) is 0. The lowest BCUT2D eigenvalue weighted by Crippen LogP contribution is -2.37. The molecule has 0 aliphatic rings. The van der Waals surface area contributed by atoms with E-state index >= 15 is 0 Å². The van der Waals surface area contributed by atoms with Crippen molar-refractivity contribution in [2.75, 3.05) is 26.1 Å². The molecule has 0 heterocycles. The Labute approximate surface area is 107 Å². The molecule has 0 saturated heterocycles. The first-order valence-corrected chi connectivity index (χ1v) is 5.68. The first-order chi connectivity index (χ1) is 8.44. The van der Waals surface area contributed by atoms with Crippen LogP contribution in [0.5, 0.6) is 11.5 Å². The molecule has 0 spiro atoms. The van der Waals surface area contributed by atoms with Gasteiger partial charge in [-0.2, -0.15) is 0 Å². The highest BCUT2D eigenvalue weighted by atomic mass is 16.5. The van der Waals surface area contributed by atoms with Crippen molar-refractivity contribution < 1.29 is 14.3 Å². The first kappa shape index (κ1) is 14.3. The number of nitrogens with two attached hydrogens (primary N) is 1. The van der Waals surface area contributed by atoms with E-state index in [1.54, 1.807) is 46.3 Å². The summed E-state index contributed by atoms with van der Waals surface area (Å²) in [5.74, 6) is 1.06. The van der Waals surface area contributed by atoms with Gasteiger partial charge in [0.2, 0.25) is 5.91 Å². The molecule has 0 bridgehead atoms. The summed E-state index contributed by atoms with van der Waals surface area (Å²) in [5, 5.41) is 2.80. The Morgan fingerprint density at radius 3 is 2.39 bits per heavy atom. The van der Waals surface area contributed by atoms with Crippen molar-refractivity contribution in [3.8, 4) is 11.5 Å². The van der Waals surface area contributed by atoms with Gasteiger partial charge < -0.3 is 20.5 Å². The summed E-state index contributed by atoms with van der Waals surface area (Å²) >= 11 is 0. The van der Waals surface area contributed by atoms with Crippen LogP contribution in [-0.2, 0) is 4.79 Å². The fourth-order valence-corrected chi connectivity index (χ4v) is 1.31. The number of methoxy groups -OCH3 is 2. The van der Waals surface area contributed by atoms with Crippen LogP contribution in [0.4, 0.5) is 5.69 Å². The molecule has 5 nitrogen and oxygen atoms in total. The van der Waals surface area contributed by atoms with E-state index in [2.05, 4.69) is 5.32 Å². The number of amides is 1. The molecule has 3 N–H and O–H groups in total. The number of hydrogen-bond donors (Lipinski definition) is 2. The van der Waals surface area contributed by atoms with Crippen molar-refractivity contribution in [1.82, 2.24) is 0 Å². The number of carbonyl (C=O) groups excluding carboxylic acids is 1. The van der Waals surface area contributed by atoms with E-state index in [9.17, 15) is 4.79 Å². The molecule has 5 heteroatoms. The van der Waals surface area contributed by atoms with E-state index in [-0.39, 0.29) is 12.5 Å². The van der Waals surface area contributed by atoms with Gasteiger partial charge in [-0.25, -0.2) is 0 Å². The normalized spacial score (nSPS) is 10.9. The Morgan fingerprint density at radius 2 is 1.89 bits per heavy atom. The molecule has 100 valence electrons. The molecule has 0 radical (unpaired) electrons. The lowest BCUT2D eigenvalue weighted by molar-refractivity contribution is -0.123. The summed E-state index contributed by atoms with van der Waals surface area (Å²) in [7, 11) is 3.11. The minimum Gasteiger partial charge on any atom is -0.493 e. The second kappa shape index (κ2) is 5.73. The zero-order valence-corrected chi connectivity index (χ0v) is 11.2. The van der Waals surface area contributed by atoms with Gasteiger partial charge >= 0.3 is 0 Å². The standard InChI is InChI=1S/C13H20N2O3/c1-13(2,8-14)12(16)15-9-5-6-10(17-3)11(7-9)18-4/h5-7H,8,14H2,1-4H3,(H,15,16). The van der Waals surface area contributed by atoms with Crippen LogP contribution in [0.15, 0.2) is 18.2 Å². The highest BCUT2D eigenvalue weighted by Crippen LogP contribution is 2.30. The number of benzene rings is 1. The van der Waals surface area contributed by atoms with E-state index < -0.39 is 5.41 Å². The smallest absolute Gasteiger partial charge is 0.231 e. The number of carbonyl (C=O) groups is 1. The molecule has 1 amide bonds. The minimum atomic E-state index is -0.604.